The molecule has 1 saturated heterocycles. The van der Waals surface area contributed by atoms with E-state index in [4.69, 9.17) is 23.2 Å². The molecule has 136 valence electrons. The van der Waals surface area contributed by atoms with Crippen molar-refractivity contribution in [2.75, 3.05) is 37.6 Å². The highest BCUT2D eigenvalue weighted by Crippen LogP contribution is 2.21. The van der Waals surface area contributed by atoms with E-state index in [0.29, 0.717) is 16.6 Å². The molecule has 0 radical (unpaired) electrons. The summed E-state index contributed by atoms with van der Waals surface area (Å²) in [5.74, 6) is -0.130. The van der Waals surface area contributed by atoms with Crippen LogP contribution in [0, 0.1) is 0 Å². The highest BCUT2D eigenvalue weighted by molar-refractivity contribution is 6.42. The summed E-state index contributed by atoms with van der Waals surface area (Å²) in [6.07, 6.45) is 1.55. The van der Waals surface area contributed by atoms with Crippen LogP contribution in [0.5, 0.6) is 0 Å². The fraction of sp³-hybridized carbons (Fsp3) is 0.263. The Morgan fingerprint density at radius 3 is 2.46 bits per heavy atom. The van der Waals surface area contributed by atoms with E-state index in [1.165, 1.54) is 5.69 Å². The van der Waals surface area contributed by atoms with Crippen molar-refractivity contribution in [1.82, 2.24) is 10.3 Å². The standard InChI is InChI=1S/C19H20Cl2N4O/c20-17-7-6-15(12-18(17)21)13-22-23-19(26)14-24-8-10-25(11-9-24)16-4-2-1-3-5-16/h1-7,12-13H,8-11,14H2,(H,23,26)/b22-13+. The molecule has 1 aliphatic heterocycles. The third-order valence-corrected chi connectivity index (χ3v) is 4.95. The molecule has 0 saturated carbocycles. The highest BCUT2D eigenvalue weighted by Gasteiger charge is 2.18. The van der Waals surface area contributed by atoms with Crippen LogP contribution in [0.4, 0.5) is 5.69 Å². The van der Waals surface area contributed by atoms with E-state index in [9.17, 15) is 4.79 Å². The number of hydrazone groups is 1. The Kier molecular flexibility index (Phi) is 6.50. The number of nitrogens with one attached hydrogen (secondary N) is 1. The maximum atomic E-state index is 12.0. The van der Waals surface area contributed by atoms with Gasteiger partial charge in [-0.15, -0.1) is 0 Å². The molecular weight excluding hydrogens is 371 g/mol. The van der Waals surface area contributed by atoms with Crippen molar-refractivity contribution in [3.63, 3.8) is 0 Å². The van der Waals surface area contributed by atoms with E-state index in [-0.39, 0.29) is 5.91 Å². The Morgan fingerprint density at radius 1 is 1.04 bits per heavy atom. The molecule has 1 heterocycles. The predicted molar refractivity (Wildman–Crippen MR) is 107 cm³/mol. The molecule has 0 unspecified atom stereocenters. The van der Waals surface area contributed by atoms with Gasteiger partial charge < -0.3 is 4.90 Å². The summed E-state index contributed by atoms with van der Waals surface area (Å²) < 4.78 is 0. The Morgan fingerprint density at radius 2 is 1.77 bits per heavy atom. The molecule has 3 rings (SSSR count). The molecule has 7 heteroatoms. The van der Waals surface area contributed by atoms with Gasteiger partial charge in [0, 0.05) is 31.9 Å². The van der Waals surface area contributed by atoms with Gasteiger partial charge in [0.1, 0.15) is 0 Å². The summed E-state index contributed by atoms with van der Waals surface area (Å²) in [7, 11) is 0. The number of rotatable bonds is 5. The van der Waals surface area contributed by atoms with Crippen molar-refractivity contribution in [3.05, 3.63) is 64.1 Å². The van der Waals surface area contributed by atoms with Crippen LogP contribution in [0.2, 0.25) is 10.0 Å². The van der Waals surface area contributed by atoms with E-state index in [1.54, 1.807) is 24.4 Å². The van der Waals surface area contributed by atoms with Crippen molar-refractivity contribution in [2.45, 2.75) is 0 Å². The minimum atomic E-state index is -0.130. The van der Waals surface area contributed by atoms with Gasteiger partial charge in [0.2, 0.25) is 0 Å². The first-order valence-electron chi connectivity index (χ1n) is 8.41. The average Bonchev–Trinajstić information content (AvgIpc) is 2.66. The molecule has 26 heavy (non-hydrogen) atoms. The van der Waals surface area contributed by atoms with Crippen molar-refractivity contribution in [2.24, 2.45) is 5.10 Å². The number of carbonyl (C=O) groups excluding carboxylic acids is 1. The molecule has 1 N–H and O–H groups in total. The lowest BCUT2D eigenvalue weighted by Gasteiger charge is -2.35. The zero-order valence-corrected chi connectivity index (χ0v) is 15.7. The number of amides is 1. The van der Waals surface area contributed by atoms with Gasteiger partial charge in [-0.05, 0) is 29.8 Å². The van der Waals surface area contributed by atoms with Gasteiger partial charge >= 0.3 is 0 Å². The second-order valence-corrected chi connectivity index (χ2v) is 6.88. The van der Waals surface area contributed by atoms with Gasteiger partial charge in [0.15, 0.2) is 0 Å². The Balaban J connectivity index is 1.43. The summed E-state index contributed by atoms with van der Waals surface area (Å²) in [5.41, 5.74) is 4.55. The van der Waals surface area contributed by atoms with E-state index in [1.807, 2.05) is 18.2 Å². The van der Waals surface area contributed by atoms with Crippen LogP contribution in [0.3, 0.4) is 0 Å². The molecule has 0 atom stereocenters. The van der Waals surface area contributed by atoms with Gasteiger partial charge in [-0.25, -0.2) is 5.43 Å². The van der Waals surface area contributed by atoms with E-state index in [2.05, 4.69) is 32.5 Å². The molecule has 1 aliphatic rings. The van der Waals surface area contributed by atoms with Crippen molar-refractivity contribution in [3.8, 4) is 0 Å². The normalized spacial score (nSPS) is 15.4. The number of carbonyl (C=O) groups is 1. The molecule has 2 aromatic carbocycles. The monoisotopic (exact) mass is 390 g/mol. The molecule has 0 aromatic heterocycles. The number of halogens is 2. The maximum Gasteiger partial charge on any atom is 0.254 e. The Labute approximate surface area is 163 Å². The van der Waals surface area contributed by atoms with Gasteiger partial charge in [0.25, 0.3) is 5.91 Å². The molecule has 1 amide bonds. The van der Waals surface area contributed by atoms with Crippen molar-refractivity contribution >= 4 is 41.0 Å². The second-order valence-electron chi connectivity index (χ2n) is 6.07. The minimum absolute atomic E-state index is 0.130. The lowest BCUT2D eigenvalue weighted by atomic mass is 10.2. The van der Waals surface area contributed by atoms with Crippen LogP contribution in [0.15, 0.2) is 53.6 Å². The van der Waals surface area contributed by atoms with Crippen LogP contribution in [-0.4, -0.2) is 49.7 Å². The van der Waals surface area contributed by atoms with E-state index in [0.717, 1.165) is 31.7 Å². The summed E-state index contributed by atoms with van der Waals surface area (Å²) >= 11 is 11.8. The largest absolute Gasteiger partial charge is 0.369 e. The third-order valence-electron chi connectivity index (χ3n) is 4.21. The predicted octanol–water partition coefficient (Wildman–Crippen LogP) is 3.27. The molecule has 2 aromatic rings. The van der Waals surface area contributed by atoms with Gasteiger partial charge in [0.05, 0.1) is 22.8 Å². The number of para-hydroxylation sites is 1. The fourth-order valence-electron chi connectivity index (χ4n) is 2.81. The highest BCUT2D eigenvalue weighted by atomic mass is 35.5. The number of hydrogen-bond donors (Lipinski definition) is 1. The van der Waals surface area contributed by atoms with Crippen molar-refractivity contribution in [1.29, 1.82) is 0 Å². The second kappa shape index (κ2) is 9.03. The van der Waals surface area contributed by atoms with Crippen molar-refractivity contribution < 1.29 is 4.79 Å². The number of nitrogens with zero attached hydrogens (tertiary/aromatic N) is 3. The van der Waals surface area contributed by atoms with Gasteiger partial charge in [-0.1, -0.05) is 47.5 Å². The minimum Gasteiger partial charge on any atom is -0.369 e. The number of anilines is 1. The number of hydrogen-bond acceptors (Lipinski definition) is 4. The lowest BCUT2D eigenvalue weighted by molar-refractivity contribution is -0.122. The molecule has 0 bridgehead atoms. The summed E-state index contributed by atoms with van der Waals surface area (Å²) in [4.78, 5) is 16.5. The number of benzene rings is 2. The smallest absolute Gasteiger partial charge is 0.254 e. The van der Waals surface area contributed by atoms with Gasteiger partial charge in [-0.2, -0.15) is 5.10 Å². The molecule has 1 fully saturated rings. The summed E-state index contributed by atoms with van der Waals surface area (Å²) in [6.45, 7) is 3.84. The Hall–Kier alpha value is -2.08. The zero-order valence-electron chi connectivity index (χ0n) is 14.2. The fourth-order valence-corrected chi connectivity index (χ4v) is 3.12. The Bertz CT molecular complexity index is 774. The topological polar surface area (TPSA) is 47.9 Å². The zero-order chi connectivity index (χ0) is 18.4. The SMILES string of the molecule is O=C(CN1CCN(c2ccccc2)CC1)N/N=C/c1ccc(Cl)c(Cl)c1. The first-order valence-corrected chi connectivity index (χ1v) is 9.17. The van der Waals surface area contributed by atoms with Crippen LogP contribution in [0.1, 0.15) is 5.56 Å². The number of piperazine rings is 1. The van der Waals surface area contributed by atoms with Crippen LogP contribution in [-0.2, 0) is 4.79 Å². The first kappa shape index (κ1) is 18.7. The van der Waals surface area contributed by atoms with Crippen LogP contribution in [0.25, 0.3) is 0 Å². The third kappa shape index (κ3) is 5.21. The van der Waals surface area contributed by atoms with Gasteiger partial charge in [-0.3, -0.25) is 9.69 Å². The molecular formula is C19H20Cl2N4O. The van der Waals surface area contributed by atoms with Crippen LogP contribution >= 0.6 is 23.2 Å². The molecule has 0 spiro atoms. The first-order chi connectivity index (χ1) is 12.6. The summed E-state index contributed by atoms with van der Waals surface area (Å²) in [5, 5.41) is 4.92. The average molecular weight is 391 g/mol. The lowest BCUT2D eigenvalue weighted by Crippen LogP contribution is -2.49. The van der Waals surface area contributed by atoms with E-state index < -0.39 is 0 Å². The molecule has 5 nitrogen and oxygen atoms in total. The maximum absolute atomic E-state index is 12.0. The van der Waals surface area contributed by atoms with E-state index >= 15 is 0 Å². The van der Waals surface area contributed by atoms with Crippen LogP contribution < -0.4 is 10.3 Å². The quantitative estimate of drug-likeness (QED) is 0.629. The molecule has 0 aliphatic carbocycles. The summed E-state index contributed by atoms with van der Waals surface area (Å²) in [6, 6.07) is 15.5.